The first kappa shape index (κ1) is 12.4. The smallest absolute Gasteiger partial charge is 0.123 e. The average Bonchev–Trinajstić information content (AvgIpc) is 2.88. The molecule has 2 aromatic rings. The fourth-order valence-corrected chi connectivity index (χ4v) is 2.69. The van der Waals surface area contributed by atoms with Crippen LogP contribution in [-0.2, 0) is 25.9 Å². The van der Waals surface area contributed by atoms with Gasteiger partial charge in [0.05, 0.1) is 0 Å². The Hall–Kier alpha value is -1.67. The third kappa shape index (κ3) is 3.02. The molecule has 19 heavy (non-hydrogen) atoms. The molecule has 0 saturated heterocycles. The zero-order valence-corrected chi connectivity index (χ0v) is 11.0. The van der Waals surface area contributed by atoms with E-state index in [9.17, 15) is 4.39 Å². The molecule has 98 valence electrons. The van der Waals surface area contributed by atoms with Crippen LogP contribution in [0.15, 0.2) is 42.5 Å². The van der Waals surface area contributed by atoms with Gasteiger partial charge >= 0.3 is 0 Å². The molecule has 0 aromatic heterocycles. The summed E-state index contributed by atoms with van der Waals surface area (Å²) >= 11 is 0. The van der Waals surface area contributed by atoms with E-state index in [-0.39, 0.29) is 5.82 Å². The van der Waals surface area contributed by atoms with Crippen molar-refractivity contribution in [3.8, 4) is 0 Å². The fraction of sp³-hybridized carbons (Fsp3) is 0.294. The van der Waals surface area contributed by atoms with Crippen LogP contribution in [0.25, 0.3) is 0 Å². The standard InChI is InChI=1S/C17H18FN/c18-17-8-5-13(6-9-17)11-19-12-14-4-7-15-2-1-3-16(15)10-14/h4-10,19H,1-3,11-12H2. The zero-order valence-electron chi connectivity index (χ0n) is 11.0. The molecule has 1 nitrogen and oxygen atoms in total. The molecule has 0 heterocycles. The molecule has 0 amide bonds. The fourth-order valence-electron chi connectivity index (χ4n) is 2.69. The second-order valence-electron chi connectivity index (χ2n) is 5.19. The van der Waals surface area contributed by atoms with E-state index in [1.54, 1.807) is 0 Å². The number of halogens is 1. The van der Waals surface area contributed by atoms with Crippen molar-refractivity contribution in [2.75, 3.05) is 0 Å². The van der Waals surface area contributed by atoms with Crippen LogP contribution >= 0.6 is 0 Å². The van der Waals surface area contributed by atoms with Crippen molar-refractivity contribution in [2.45, 2.75) is 32.4 Å². The molecule has 0 atom stereocenters. The minimum atomic E-state index is -0.178. The Morgan fingerprint density at radius 2 is 1.53 bits per heavy atom. The lowest BCUT2D eigenvalue weighted by Gasteiger charge is -2.07. The Labute approximate surface area is 113 Å². The first-order valence-electron chi connectivity index (χ1n) is 6.87. The van der Waals surface area contributed by atoms with Crippen LogP contribution in [0.3, 0.4) is 0 Å². The quantitative estimate of drug-likeness (QED) is 0.880. The third-order valence-corrected chi connectivity index (χ3v) is 3.73. The van der Waals surface area contributed by atoms with Crippen molar-refractivity contribution in [3.05, 3.63) is 70.5 Å². The van der Waals surface area contributed by atoms with Gasteiger partial charge in [-0.15, -0.1) is 0 Å². The molecule has 0 spiro atoms. The Kier molecular flexibility index (Phi) is 3.60. The van der Waals surface area contributed by atoms with Crippen LogP contribution in [-0.4, -0.2) is 0 Å². The molecule has 2 heteroatoms. The maximum absolute atomic E-state index is 12.8. The lowest BCUT2D eigenvalue weighted by atomic mass is 10.1. The molecule has 0 bridgehead atoms. The van der Waals surface area contributed by atoms with Gasteiger partial charge in [0.15, 0.2) is 0 Å². The highest BCUT2D eigenvalue weighted by Crippen LogP contribution is 2.22. The van der Waals surface area contributed by atoms with Crippen LogP contribution in [0.5, 0.6) is 0 Å². The maximum Gasteiger partial charge on any atom is 0.123 e. The number of fused-ring (bicyclic) bond motifs is 1. The Bertz CT molecular complexity index is 560. The molecule has 0 unspecified atom stereocenters. The van der Waals surface area contributed by atoms with E-state index in [4.69, 9.17) is 0 Å². The van der Waals surface area contributed by atoms with Gasteiger partial charge in [0.2, 0.25) is 0 Å². The molecule has 0 saturated carbocycles. The molecule has 3 rings (SSSR count). The first-order valence-corrected chi connectivity index (χ1v) is 6.87. The highest BCUT2D eigenvalue weighted by atomic mass is 19.1. The van der Waals surface area contributed by atoms with Crippen molar-refractivity contribution in [1.82, 2.24) is 5.32 Å². The van der Waals surface area contributed by atoms with Gasteiger partial charge in [0.25, 0.3) is 0 Å². The summed E-state index contributed by atoms with van der Waals surface area (Å²) in [5.74, 6) is -0.178. The average molecular weight is 255 g/mol. The third-order valence-electron chi connectivity index (χ3n) is 3.73. The highest BCUT2D eigenvalue weighted by Gasteiger charge is 2.10. The van der Waals surface area contributed by atoms with Gasteiger partial charge in [0, 0.05) is 13.1 Å². The number of nitrogens with one attached hydrogen (secondary N) is 1. The molecule has 1 aliphatic carbocycles. The van der Waals surface area contributed by atoms with Crippen LogP contribution in [0, 0.1) is 5.82 Å². The molecule has 1 N–H and O–H groups in total. The van der Waals surface area contributed by atoms with E-state index < -0.39 is 0 Å². The maximum atomic E-state index is 12.8. The number of hydrogen-bond donors (Lipinski definition) is 1. The van der Waals surface area contributed by atoms with E-state index in [1.807, 2.05) is 12.1 Å². The molecular weight excluding hydrogens is 237 g/mol. The Morgan fingerprint density at radius 1 is 0.842 bits per heavy atom. The zero-order chi connectivity index (χ0) is 13.1. The van der Waals surface area contributed by atoms with Crippen molar-refractivity contribution < 1.29 is 4.39 Å². The van der Waals surface area contributed by atoms with E-state index in [1.165, 1.54) is 48.1 Å². The highest BCUT2D eigenvalue weighted by molar-refractivity contribution is 5.35. The van der Waals surface area contributed by atoms with Crippen molar-refractivity contribution in [3.63, 3.8) is 0 Å². The van der Waals surface area contributed by atoms with E-state index in [2.05, 4.69) is 23.5 Å². The topological polar surface area (TPSA) is 12.0 Å². The number of aryl methyl sites for hydroxylation is 2. The van der Waals surface area contributed by atoms with Crippen molar-refractivity contribution in [2.24, 2.45) is 0 Å². The van der Waals surface area contributed by atoms with Crippen LogP contribution in [0.4, 0.5) is 4.39 Å². The molecule has 0 fully saturated rings. The molecule has 2 aromatic carbocycles. The summed E-state index contributed by atoms with van der Waals surface area (Å²) in [4.78, 5) is 0. The molecular formula is C17H18FN. The van der Waals surface area contributed by atoms with Gasteiger partial charge in [-0.3, -0.25) is 0 Å². The van der Waals surface area contributed by atoms with Crippen LogP contribution in [0.2, 0.25) is 0 Å². The van der Waals surface area contributed by atoms with Gasteiger partial charge in [-0.1, -0.05) is 30.3 Å². The van der Waals surface area contributed by atoms with E-state index in [0.29, 0.717) is 0 Å². The largest absolute Gasteiger partial charge is 0.309 e. The summed E-state index contributed by atoms with van der Waals surface area (Å²) < 4.78 is 12.8. The molecule has 0 aliphatic heterocycles. The summed E-state index contributed by atoms with van der Waals surface area (Å²) in [5.41, 5.74) is 5.48. The van der Waals surface area contributed by atoms with E-state index in [0.717, 1.165) is 18.7 Å². The lowest BCUT2D eigenvalue weighted by molar-refractivity contribution is 0.625. The summed E-state index contributed by atoms with van der Waals surface area (Å²) in [6, 6.07) is 13.5. The molecule has 1 aliphatic rings. The van der Waals surface area contributed by atoms with Gasteiger partial charge in [-0.25, -0.2) is 4.39 Å². The lowest BCUT2D eigenvalue weighted by Crippen LogP contribution is -2.12. The predicted molar refractivity (Wildman–Crippen MR) is 75.4 cm³/mol. The normalized spacial score (nSPS) is 13.5. The predicted octanol–water partition coefficient (Wildman–Crippen LogP) is 3.60. The Morgan fingerprint density at radius 3 is 2.37 bits per heavy atom. The van der Waals surface area contributed by atoms with E-state index >= 15 is 0 Å². The van der Waals surface area contributed by atoms with Gasteiger partial charge in [0.1, 0.15) is 5.82 Å². The Balaban J connectivity index is 1.56. The van der Waals surface area contributed by atoms with Crippen molar-refractivity contribution >= 4 is 0 Å². The minimum absolute atomic E-state index is 0.178. The van der Waals surface area contributed by atoms with Crippen LogP contribution in [0.1, 0.15) is 28.7 Å². The van der Waals surface area contributed by atoms with Crippen molar-refractivity contribution in [1.29, 1.82) is 0 Å². The number of hydrogen-bond acceptors (Lipinski definition) is 1. The van der Waals surface area contributed by atoms with Crippen LogP contribution < -0.4 is 5.32 Å². The minimum Gasteiger partial charge on any atom is -0.309 e. The van der Waals surface area contributed by atoms with Gasteiger partial charge in [-0.2, -0.15) is 0 Å². The first-order chi connectivity index (χ1) is 9.31. The summed E-state index contributed by atoms with van der Waals surface area (Å²) in [7, 11) is 0. The molecule has 0 radical (unpaired) electrons. The second kappa shape index (κ2) is 5.54. The number of rotatable bonds is 4. The monoisotopic (exact) mass is 255 g/mol. The summed E-state index contributed by atoms with van der Waals surface area (Å²) in [6.07, 6.45) is 3.75. The summed E-state index contributed by atoms with van der Waals surface area (Å²) in [6.45, 7) is 1.64. The van der Waals surface area contributed by atoms with Gasteiger partial charge in [-0.05, 0) is 53.6 Å². The second-order valence-corrected chi connectivity index (χ2v) is 5.19. The number of benzene rings is 2. The SMILES string of the molecule is Fc1ccc(CNCc2ccc3c(c2)CCC3)cc1. The van der Waals surface area contributed by atoms with Gasteiger partial charge < -0.3 is 5.32 Å². The summed E-state index contributed by atoms with van der Waals surface area (Å²) in [5, 5.41) is 3.41.